The molecule has 0 aliphatic rings. The molecule has 2 amide bonds. The number of hydrogen-bond donors (Lipinski definition) is 2. The molecule has 27 heavy (non-hydrogen) atoms. The predicted molar refractivity (Wildman–Crippen MR) is 89.4 cm³/mol. The van der Waals surface area contributed by atoms with Gasteiger partial charge in [-0.3, -0.25) is 9.59 Å². The van der Waals surface area contributed by atoms with Crippen molar-refractivity contribution in [2.45, 2.75) is 39.2 Å². The zero-order valence-corrected chi connectivity index (χ0v) is 15.2. The van der Waals surface area contributed by atoms with Crippen LogP contribution >= 0.6 is 0 Å². The normalized spacial score (nSPS) is 10.9. The van der Waals surface area contributed by atoms with Gasteiger partial charge in [-0.1, -0.05) is 0 Å². The van der Waals surface area contributed by atoms with Crippen molar-refractivity contribution in [3.05, 3.63) is 29.6 Å². The molecule has 0 aliphatic carbocycles. The Hall–Kier alpha value is -2.78. The molecule has 0 saturated carbocycles. The standard InChI is InChI=1S/C17H21F3N2O5/c1-17(2,3)27-16(25)21-8-4-5-13(24)26-9-12(23)22-11-7-6-10(18)14(19)15(11)20/h6-7H,4-5,8-9H2,1-3H3,(H,21,25)(H,22,23). The highest BCUT2D eigenvalue weighted by Gasteiger charge is 2.17. The molecule has 0 spiro atoms. The largest absolute Gasteiger partial charge is 0.456 e. The molecule has 2 N–H and O–H groups in total. The van der Waals surface area contributed by atoms with Crippen LogP contribution in [0.25, 0.3) is 0 Å². The van der Waals surface area contributed by atoms with Gasteiger partial charge in [-0.25, -0.2) is 18.0 Å². The lowest BCUT2D eigenvalue weighted by molar-refractivity contribution is -0.147. The third-order valence-corrected chi connectivity index (χ3v) is 2.90. The fraction of sp³-hybridized carbons (Fsp3) is 0.471. The Kier molecular flexibility index (Phi) is 8.07. The van der Waals surface area contributed by atoms with E-state index in [1.807, 2.05) is 5.32 Å². The Morgan fingerprint density at radius 1 is 1.07 bits per heavy atom. The summed E-state index contributed by atoms with van der Waals surface area (Å²) in [5, 5.41) is 4.42. The first-order valence-electron chi connectivity index (χ1n) is 8.05. The van der Waals surface area contributed by atoms with Crippen molar-refractivity contribution >= 4 is 23.7 Å². The van der Waals surface area contributed by atoms with Gasteiger partial charge < -0.3 is 20.1 Å². The summed E-state index contributed by atoms with van der Waals surface area (Å²) in [5.41, 5.74) is -1.21. The lowest BCUT2D eigenvalue weighted by Gasteiger charge is -2.19. The van der Waals surface area contributed by atoms with Gasteiger partial charge in [0.2, 0.25) is 0 Å². The minimum Gasteiger partial charge on any atom is -0.456 e. The quantitative estimate of drug-likeness (QED) is 0.424. The van der Waals surface area contributed by atoms with E-state index < -0.39 is 53.3 Å². The third kappa shape index (κ3) is 8.43. The lowest BCUT2D eigenvalue weighted by Crippen LogP contribution is -2.33. The number of alkyl carbamates (subject to hydrolysis) is 1. The number of benzene rings is 1. The summed E-state index contributed by atoms with van der Waals surface area (Å²) >= 11 is 0. The zero-order valence-electron chi connectivity index (χ0n) is 15.2. The number of amides is 2. The van der Waals surface area contributed by atoms with Crippen molar-refractivity contribution in [3.63, 3.8) is 0 Å². The van der Waals surface area contributed by atoms with Crippen LogP contribution in [0.2, 0.25) is 0 Å². The fourth-order valence-corrected chi connectivity index (χ4v) is 1.76. The Bertz CT molecular complexity index is 705. The van der Waals surface area contributed by atoms with Gasteiger partial charge in [-0.15, -0.1) is 0 Å². The van der Waals surface area contributed by atoms with Gasteiger partial charge in [0.25, 0.3) is 5.91 Å². The Balaban J connectivity index is 2.27. The van der Waals surface area contributed by atoms with E-state index in [9.17, 15) is 27.6 Å². The summed E-state index contributed by atoms with van der Waals surface area (Å²) < 4.78 is 48.9. The van der Waals surface area contributed by atoms with Crippen LogP contribution in [0, 0.1) is 17.5 Å². The number of esters is 1. The molecule has 10 heteroatoms. The highest BCUT2D eigenvalue weighted by atomic mass is 19.2. The molecule has 0 atom stereocenters. The van der Waals surface area contributed by atoms with Gasteiger partial charge in [-0.05, 0) is 39.3 Å². The lowest BCUT2D eigenvalue weighted by atomic mass is 10.2. The average molecular weight is 390 g/mol. The number of nitrogens with one attached hydrogen (secondary N) is 2. The van der Waals surface area contributed by atoms with Crippen LogP contribution in [-0.2, 0) is 19.1 Å². The first-order valence-corrected chi connectivity index (χ1v) is 8.05. The highest BCUT2D eigenvalue weighted by Crippen LogP contribution is 2.19. The number of carbonyl (C=O) groups is 3. The number of anilines is 1. The van der Waals surface area contributed by atoms with Crippen LogP contribution in [-0.4, -0.2) is 36.7 Å². The van der Waals surface area contributed by atoms with Crippen LogP contribution in [0.15, 0.2) is 12.1 Å². The second-order valence-corrected chi connectivity index (χ2v) is 6.46. The van der Waals surface area contributed by atoms with Crippen molar-refractivity contribution in [2.75, 3.05) is 18.5 Å². The maximum absolute atomic E-state index is 13.4. The fourth-order valence-electron chi connectivity index (χ4n) is 1.76. The molecule has 1 rings (SSSR count). The van der Waals surface area contributed by atoms with Crippen molar-refractivity contribution in [1.82, 2.24) is 5.32 Å². The average Bonchev–Trinajstić information content (AvgIpc) is 2.56. The Morgan fingerprint density at radius 3 is 2.37 bits per heavy atom. The van der Waals surface area contributed by atoms with Crippen LogP contribution in [0.3, 0.4) is 0 Å². The van der Waals surface area contributed by atoms with Gasteiger partial charge in [-0.2, -0.15) is 0 Å². The molecule has 0 saturated heterocycles. The van der Waals surface area contributed by atoms with Gasteiger partial charge in [0.05, 0.1) is 5.69 Å². The van der Waals surface area contributed by atoms with Gasteiger partial charge in [0, 0.05) is 13.0 Å². The monoisotopic (exact) mass is 390 g/mol. The van der Waals surface area contributed by atoms with Crippen molar-refractivity contribution < 1.29 is 37.0 Å². The van der Waals surface area contributed by atoms with E-state index in [-0.39, 0.29) is 19.4 Å². The number of carbonyl (C=O) groups excluding carboxylic acids is 3. The number of rotatable bonds is 7. The summed E-state index contributed by atoms with van der Waals surface area (Å²) in [6.07, 6.45) is -0.455. The van der Waals surface area contributed by atoms with E-state index >= 15 is 0 Å². The minimum absolute atomic E-state index is 0.0807. The topological polar surface area (TPSA) is 93.7 Å². The first kappa shape index (κ1) is 22.3. The van der Waals surface area contributed by atoms with E-state index in [1.165, 1.54) is 0 Å². The molecule has 1 aromatic carbocycles. The molecule has 1 aromatic rings. The molecule has 150 valence electrons. The third-order valence-electron chi connectivity index (χ3n) is 2.90. The number of hydrogen-bond acceptors (Lipinski definition) is 5. The van der Waals surface area contributed by atoms with Gasteiger partial charge >= 0.3 is 12.1 Å². The molecule has 0 unspecified atom stereocenters. The Morgan fingerprint density at radius 2 is 1.74 bits per heavy atom. The second kappa shape index (κ2) is 9.79. The molecule has 0 aromatic heterocycles. The zero-order chi connectivity index (χ0) is 20.6. The molecule has 0 radical (unpaired) electrons. The molecule has 7 nitrogen and oxygen atoms in total. The van der Waals surface area contributed by atoms with Crippen molar-refractivity contribution in [2.24, 2.45) is 0 Å². The molecule has 0 bridgehead atoms. The number of ether oxygens (including phenoxy) is 2. The van der Waals surface area contributed by atoms with E-state index in [0.717, 1.165) is 6.07 Å². The molecule has 0 aliphatic heterocycles. The van der Waals surface area contributed by atoms with E-state index in [4.69, 9.17) is 4.74 Å². The highest BCUT2D eigenvalue weighted by molar-refractivity contribution is 5.92. The number of halogens is 3. The van der Waals surface area contributed by atoms with Crippen LogP contribution < -0.4 is 10.6 Å². The first-order chi connectivity index (χ1) is 12.5. The van der Waals surface area contributed by atoms with Crippen LogP contribution in [0.5, 0.6) is 0 Å². The molecular formula is C17H21F3N2O5. The molecular weight excluding hydrogens is 369 g/mol. The van der Waals surface area contributed by atoms with Crippen LogP contribution in [0.4, 0.5) is 23.7 Å². The van der Waals surface area contributed by atoms with Gasteiger partial charge in [0.15, 0.2) is 24.1 Å². The van der Waals surface area contributed by atoms with Crippen LogP contribution in [0.1, 0.15) is 33.6 Å². The summed E-state index contributed by atoms with van der Waals surface area (Å²) in [6.45, 7) is 4.57. The van der Waals surface area contributed by atoms with E-state index in [2.05, 4.69) is 10.1 Å². The molecule has 0 heterocycles. The summed E-state index contributed by atoms with van der Waals surface area (Å²) in [4.78, 5) is 34.5. The summed E-state index contributed by atoms with van der Waals surface area (Å²) in [7, 11) is 0. The van der Waals surface area contributed by atoms with Crippen molar-refractivity contribution in [3.8, 4) is 0 Å². The van der Waals surface area contributed by atoms with Crippen molar-refractivity contribution in [1.29, 1.82) is 0 Å². The van der Waals surface area contributed by atoms with E-state index in [1.54, 1.807) is 20.8 Å². The second-order valence-electron chi connectivity index (χ2n) is 6.46. The minimum atomic E-state index is -1.72. The van der Waals surface area contributed by atoms with E-state index in [0.29, 0.717) is 6.07 Å². The maximum atomic E-state index is 13.4. The summed E-state index contributed by atoms with van der Waals surface area (Å²) in [5.74, 6) is -6.30. The SMILES string of the molecule is CC(C)(C)OC(=O)NCCCC(=O)OCC(=O)Nc1ccc(F)c(F)c1F. The summed E-state index contributed by atoms with van der Waals surface area (Å²) in [6, 6.07) is 1.49. The predicted octanol–water partition coefficient (Wildman–Crippen LogP) is 2.89. The Labute approximate surface area is 154 Å². The maximum Gasteiger partial charge on any atom is 0.407 e. The smallest absolute Gasteiger partial charge is 0.407 e. The van der Waals surface area contributed by atoms with Gasteiger partial charge in [0.1, 0.15) is 5.60 Å². The molecule has 0 fully saturated rings.